The lowest BCUT2D eigenvalue weighted by molar-refractivity contribution is 0.467. The smallest absolute Gasteiger partial charge is 0.189 e. The van der Waals surface area contributed by atoms with Crippen molar-refractivity contribution in [1.82, 2.24) is 9.97 Å². The van der Waals surface area contributed by atoms with E-state index in [0.717, 1.165) is 0 Å². The summed E-state index contributed by atoms with van der Waals surface area (Å²) in [4.78, 5) is 19.3. The number of phenolic OH excluding ortho intramolecular Hbond substituents is 2. The highest BCUT2D eigenvalue weighted by Gasteiger charge is 2.19. The molecule has 3 aromatic carbocycles. The Kier molecular flexibility index (Phi) is 2.05. The van der Waals surface area contributed by atoms with Crippen LogP contribution in [0.4, 0.5) is 0 Å². The average Bonchev–Trinajstić information content (AvgIpc) is 2.48. The monoisotopic (exact) mass is 279 g/mol. The molecule has 0 bridgehead atoms. The molecule has 0 spiro atoms. The second-order valence-electron chi connectivity index (χ2n) is 4.84. The lowest BCUT2D eigenvalue weighted by Gasteiger charge is -2.11. The van der Waals surface area contributed by atoms with E-state index in [1.165, 1.54) is 24.5 Å². The van der Waals surface area contributed by atoms with Gasteiger partial charge < -0.3 is 20.6 Å². The molecule has 4 aromatic rings. The van der Waals surface area contributed by atoms with Crippen molar-refractivity contribution in [3.63, 3.8) is 0 Å². The summed E-state index contributed by atoms with van der Waals surface area (Å²) < 4.78 is 0. The number of nitrogens with one attached hydrogen (secondary N) is 2. The van der Waals surface area contributed by atoms with Gasteiger partial charge in [-0.2, -0.15) is 0 Å². The minimum absolute atomic E-state index is 0.0368. The second-order valence-corrected chi connectivity index (χ2v) is 4.84. The molecule has 0 saturated heterocycles. The van der Waals surface area contributed by atoms with E-state index >= 15 is 0 Å². The van der Waals surface area contributed by atoms with Crippen LogP contribution < -0.4 is 10.8 Å². The molecular formula is C15H9N3O3. The maximum Gasteiger partial charge on any atom is 0.189 e. The highest BCUT2D eigenvalue weighted by Crippen LogP contribution is 2.39. The van der Waals surface area contributed by atoms with Crippen molar-refractivity contribution in [3.8, 4) is 11.5 Å². The molecule has 0 aliphatic rings. The number of rotatable bonds is 0. The van der Waals surface area contributed by atoms with Crippen LogP contribution in [0.5, 0.6) is 11.5 Å². The Morgan fingerprint density at radius 1 is 1.00 bits per heavy atom. The molecule has 0 aliphatic heterocycles. The normalized spacial score (nSPS) is 11.6. The maximum atomic E-state index is 12.2. The number of benzene rings is 3. The van der Waals surface area contributed by atoms with E-state index in [-0.39, 0.29) is 38.4 Å². The molecular weight excluding hydrogens is 270 g/mol. The Labute approximate surface area is 116 Å². The van der Waals surface area contributed by atoms with Crippen molar-refractivity contribution in [2.24, 2.45) is 0 Å². The Bertz CT molecular complexity index is 1150. The molecule has 0 saturated carbocycles. The van der Waals surface area contributed by atoms with Crippen molar-refractivity contribution in [2.75, 3.05) is 0 Å². The predicted octanol–water partition coefficient (Wildman–Crippen LogP) is 1.56. The van der Waals surface area contributed by atoms with Gasteiger partial charge in [-0.1, -0.05) is 0 Å². The van der Waals surface area contributed by atoms with E-state index in [4.69, 9.17) is 5.41 Å². The fourth-order valence-electron chi connectivity index (χ4n) is 2.81. The molecule has 4 rings (SSSR count). The number of aromatic amines is 1. The first-order valence-electron chi connectivity index (χ1n) is 6.24. The van der Waals surface area contributed by atoms with Gasteiger partial charge in [-0.15, -0.1) is 0 Å². The fourth-order valence-corrected chi connectivity index (χ4v) is 2.81. The number of aromatic hydroxyl groups is 2. The van der Waals surface area contributed by atoms with Crippen LogP contribution in [-0.4, -0.2) is 20.2 Å². The van der Waals surface area contributed by atoms with Crippen LogP contribution in [0.1, 0.15) is 0 Å². The van der Waals surface area contributed by atoms with Crippen molar-refractivity contribution < 1.29 is 10.2 Å². The summed E-state index contributed by atoms with van der Waals surface area (Å²) in [6.45, 7) is 0. The zero-order chi connectivity index (χ0) is 14.7. The van der Waals surface area contributed by atoms with Gasteiger partial charge >= 0.3 is 0 Å². The molecule has 0 amide bonds. The minimum atomic E-state index is -0.338. The summed E-state index contributed by atoms with van der Waals surface area (Å²) in [5, 5.41) is 29.5. The third kappa shape index (κ3) is 1.33. The van der Waals surface area contributed by atoms with Crippen LogP contribution in [-0.2, 0) is 0 Å². The Balaban J connectivity index is 2.58. The van der Waals surface area contributed by atoms with Crippen LogP contribution in [0.25, 0.3) is 32.6 Å². The molecule has 1 aromatic heterocycles. The second kappa shape index (κ2) is 3.69. The summed E-state index contributed by atoms with van der Waals surface area (Å²) in [6, 6.07) is 5.71. The first-order chi connectivity index (χ1) is 10.1. The summed E-state index contributed by atoms with van der Waals surface area (Å²) in [5.74, 6) is -0.483. The van der Waals surface area contributed by atoms with Gasteiger partial charge in [0.05, 0.1) is 33.4 Å². The van der Waals surface area contributed by atoms with Crippen LogP contribution in [0.3, 0.4) is 0 Å². The molecule has 6 nitrogen and oxygen atoms in total. The molecule has 0 aliphatic carbocycles. The molecule has 102 valence electrons. The van der Waals surface area contributed by atoms with E-state index in [2.05, 4.69) is 9.97 Å². The predicted molar refractivity (Wildman–Crippen MR) is 77.7 cm³/mol. The topological polar surface area (TPSA) is 110 Å². The van der Waals surface area contributed by atoms with Gasteiger partial charge in [0, 0.05) is 10.9 Å². The van der Waals surface area contributed by atoms with Gasteiger partial charge in [-0.25, -0.2) is 4.98 Å². The number of H-pyrrole nitrogens is 1. The molecule has 21 heavy (non-hydrogen) atoms. The summed E-state index contributed by atoms with van der Waals surface area (Å²) >= 11 is 0. The SMILES string of the molecule is N=c1ccc2[nH]cnc3c4c(=O)ccc(O)c4c(O)c1c23. The van der Waals surface area contributed by atoms with E-state index in [0.29, 0.717) is 16.4 Å². The zero-order valence-corrected chi connectivity index (χ0v) is 10.6. The quantitative estimate of drug-likeness (QED) is 0.289. The van der Waals surface area contributed by atoms with Gasteiger partial charge in [0.1, 0.15) is 11.5 Å². The number of aromatic nitrogens is 2. The molecule has 1 heterocycles. The zero-order valence-electron chi connectivity index (χ0n) is 10.6. The lowest BCUT2D eigenvalue weighted by atomic mass is 9.98. The van der Waals surface area contributed by atoms with Gasteiger partial charge in [0.25, 0.3) is 0 Å². The number of nitrogens with zero attached hydrogens (tertiary/aromatic N) is 1. The summed E-state index contributed by atoms with van der Waals surface area (Å²) in [5.41, 5.74) is 0.683. The van der Waals surface area contributed by atoms with Gasteiger partial charge in [-0.3, -0.25) is 4.79 Å². The van der Waals surface area contributed by atoms with Crippen molar-refractivity contribution in [3.05, 3.63) is 46.2 Å². The van der Waals surface area contributed by atoms with Crippen LogP contribution >= 0.6 is 0 Å². The van der Waals surface area contributed by atoms with Gasteiger partial charge in [0.2, 0.25) is 0 Å². The molecule has 0 radical (unpaired) electrons. The number of hydrogen-bond acceptors (Lipinski definition) is 5. The van der Waals surface area contributed by atoms with Gasteiger partial charge in [-0.05, 0) is 24.3 Å². The van der Waals surface area contributed by atoms with E-state index in [1.54, 1.807) is 6.07 Å². The van der Waals surface area contributed by atoms with E-state index < -0.39 is 0 Å². The molecule has 4 N–H and O–H groups in total. The van der Waals surface area contributed by atoms with Crippen molar-refractivity contribution in [1.29, 1.82) is 5.41 Å². The van der Waals surface area contributed by atoms with Crippen LogP contribution in [0, 0.1) is 5.41 Å². The van der Waals surface area contributed by atoms with E-state index in [9.17, 15) is 15.0 Å². The highest BCUT2D eigenvalue weighted by atomic mass is 16.3. The first kappa shape index (κ1) is 11.7. The maximum absolute atomic E-state index is 12.2. The molecule has 0 atom stereocenters. The van der Waals surface area contributed by atoms with Crippen LogP contribution in [0.2, 0.25) is 0 Å². The van der Waals surface area contributed by atoms with Crippen molar-refractivity contribution in [2.45, 2.75) is 0 Å². The third-order valence-corrected chi connectivity index (χ3v) is 3.71. The summed E-state index contributed by atoms with van der Waals surface area (Å²) in [6.07, 6.45) is 1.45. The number of hydrogen-bond donors (Lipinski definition) is 4. The molecule has 0 fully saturated rings. The fraction of sp³-hybridized carbons (Fsp3) is 0. The summed E-state index contributed by atoms with van der Waals surface area (Å²) in [7, 11) is 0. The third-order valence-electron chi connectivity index (χ3n) is 3.71. The van der Waals surface area contributed by atoms with Crippen molar-refractivity contribution >= 4 is 32.6 Å². The number of phenols is 2. The first-order valence-corrected chi connectivity index (χ1v) is 6.24. The van der Waals surface area contributed by atoms with Gasteiger partial charge in [0.15, 0.2) is 5.43 Å². The van der Waals surface area contributed by atoms with Crippen LogP contribution in [0.15, 0.2) is 35.4 Å². The lowest BCUT2D eigenvalue weighted by Crippen LogP contribution is -2.06. The standard InChI is InChI=1S/C15H9N3O3/c16-6-1-2-7-11-10(6)15(21)13-9(20)4-3-8(19)12(13)14(11)18-5-17-7/h1-5,16,20-21H,(H,17,18). The number of fused-ring (bicyclic) bond motifs is 2. The highest BCUT2D eigenvalue weighted by molar-refractivity contribution is 6.22. The minimum Gasteiger partial charge on any atom is -0.507 e. The Hall–Kier alpha value is -3.15. The molecule has 0 unspecified atom stereocenters. The molecule has 6 heteroatoms. The Morgan fingerprint density at radius 2 is 1.81 bits per heavy atom. The van der Waals surface area contributed by atoms with E-state index in [1.807, 2.05) is 0 Å². The Morgan fingerprint density at radius 3 is 2.62 bits per heavy atom. The average molecular weight is 279 g/mol. The largest absolute Gasteiger partial charge is 0.507 e.